The number of carbonyl (C=O) groups excluding carboxylic acids is 2. The highest BCUT2D eigenvalue weighted by Crippen LogP contribution is 2.31. The van der Waals surface area contributed by atoms with E-state index in [1.807, 2.05) is 19.9 Å². The van der Waals surface area contributed by atoms with Crippen LogP contribution in [0, 0.1) is 17.8 Å². The molecule has 0 unspecified atom stereocenters. The first-order valence-electron chi connectivity index (χ1n) is 9.42. The first kappa shape index (κ1) is 22.4. The number of hydrogen-bond donors (Lipinski definition) is 0. The highest BCUT2D eigenvalue weighted by atomic mass is 35.5. The maximum atomic E-state index is 13.3. The van der Waals surface area contributed by atoms with Crippen LogP contribution >= 0.6 is 23.2 Å². The number of halogens is 2. The van der Waals surface area contributed by atoms with E-state index in [1.165, 1.54) is 0 Å². The van der Waals surface area contributed by atoms with E-state index in [4.69, 9.17) is 23.2 Å². The third kappa shape index (κ3) is 6.05. The molecule has 0 fully saturated rings. The quantitative estimate of drug-likeness (QED) is 0.333. The molecule has 0 N–H and O–H groups in total. The molecule has 2 aromatic rings. The molecule has 2 atom stereocenters. The average Bonchev–Trinajstić information content (AvgIpc) is 2.64. The molecule has 0 radical (unpaired) electrons. The largest absolute Gasteiger partial charge is 0.294 e. The molecule has 0 heterocycles. The van der Waals surface area contributed by atoms with E-state index in [9.17, 15) is 9.59 Å². The lowest BCUT2D eigenvalue weighted by Crippen LogP contribution is -2.29. The number of allylic oxidation sites excluding steroid dienone is 2. The summed E-state index contributed by atoms with van der Waals surface area (Å²) in [7, 11) is 0. The lowest BCUT2D eigenvalue weighted by molar-refractivity contribution is 0.0839. The van der Waals surface area contributed by atoms with Crippen LogP contribution in [-0.2, 0) is 0 Å². The minimum Gasteiger partial charge on any atom is -0.294 e. The first-order valence-corrected chi connectivity index (χ1v) is 10.2. The van der Waals surface area contributed by atoms with Crippen molar-refractivity contribution in [2.45, 2.75) is 34.1 Å². The van der Waals surface area contributed by atoms with Gasteiger partial charge in [-0.15, -0.1) is 0 Å². The van der Waals surface area contributed by atoms with Gasteiger partial charge < -0.3 is 0 Å². The Balaban J connectivity index is 2.34. The van der Waals surface area contributed by atoms with Crippen molar-refractivity contribution >= 4 is 34.8 Å². The number of rotatable bonds is 8. The van der Waals surface area contributed by atoms with E-state index >= 15 is 0 Å². The van der Waals surface area contributed by atoms with Crippen LogP contribution in [0.5, 0.6) is 0 Å². The molecule has 0 amide bonds. The zero-order valence-electron chi connectivity index (χ0n) is 16.7. The van der Waals surface area contributed by atoms with Crippen LogP contribution in [-0.4, -0.2) is 11.6 Å². The average molecular weight is 417 g/mol. The van der Waals surface area contributed by atoms with Crippen molar-refractivity contribution in [2.75, 3.05) is 0 Å². The van der Waals surface area contributed by atoms with Crippen LogP contribution in [0.2, 0.25) is 10.0 Å². The van der Waals surface area contributed by atoms with Crippen LogP contribution in [0.4, 0.5) is 0 Å². The highest BCUT2D eigenvalue weighted by molar-refractivity contribution is 6.31. The third-order valence-corrected chi connectivity index (χ3v) is 5.35. The van der Waals surface area contributed by atoms with Crippen LogP contribution in [0.25, 0.3) is 0 Å². The topological polar surface area (TPSA) is 34.1 Å². The summed E-state index contributed by atoms with van der Waals surface area (Å²) in [6, 6.07) is 13.8. The molecule has 0 saturated heterocycles. The minimum absolute atomic E-state index is 0.0143. The number of ketones is 2. The van der Waals surface area contributed by atoms with Gasteiger partial charge in [0, 0.05) is 33.5 Å². The van der Waals surface area contributed by atoms with Gasteiger partial charge in [0.1, 0.15) is 0 Å². The zero-order chi connectivity index (χ0) is 20.8. The number of hydrogen-bond acceptors (Lipinski definition) is 2. The monoisotopic (exact) mass is 416 g/mol. The molecule has 2 aromatic carbocycles. The molecule has 0 aliphatic heterocycles. The fourth-order valence-electron chi connectivity index (χ4n) is 3.30. The third-order valence-electron chi connectivity index (χ3n) is 4.85. The van der Waals surface area contributed by atoms with Crippen molar-refractivity contribution in [1.29, 1.82) is 0 Å². The number of carbonyl (C=O) groups is 2. The maximum absolute atomic E-state index is 13.3. The molecule has 0 saturated carbocycles. The standard InChI is InChI=1S/C24H26Cl2O2/c1-15(2)13-22(24(28)18-7-11-20(26)12-8-18)21(16(3)4)14-23(27)17-5-9-19(25)10-6-17/h5-13,16,21-22H,14H2,1-4H3/t21-,22+/m0/s1. The lowest BCUT2D eigenvalue weighted by Gasteiger charge is -2.27. The van der Waals surface area contributed by atoms with E-state index in [0.717, 1.165) is 5.57 Å². The summed E-state index contributed by atoms with van der Waals surface area (Å²) in [5.41, 5.74) is 2.28. The fourth-order valence-corrected chi connectivity index (χ4v) is 3.56. The van der Waals surface area contributed by atoms with Crippen LogP contribution in [0.3, 0.4) is 0 Å². The smallest absolute Gasteiger partial charge is 0.170 e. The van der Waals surface area contributed by atoms with E-state index in [2.05, 4.69) is 13.8 Å². The zero-order valence-corrected chi connectivity index (χ0v) is 18.2. The summed E-state index contributed by atoms with van der Waals surface area (Å²) < 4.78 is 0. The Morgan fingerprint density at radius 3 is 1.75 bits per heavy atom. The molecule has 0 aromatic heterocycles. The molecular formula is C24H26Cl2O2. The van der Waals surface area contributed by atoms with E-state index < -0.39 is 0 Å². The van der Waals surface area contributed by atoms with Crippen molar-refractivity contribution in [3.05, 3.63) is 81.4 Å². The van der Waals surface area contributed by atoms with Gasteiger partial charge >= 0.3 is 0 Å². The van der Waals surface area contributed by atoms with E-state index in [0.29, 0.717) is 27.6 Å². The molecule has 0 spiro atoms. The predicted molar refractivity (Wildman–Crippen MR) is 117 cm³/mol. The van der Waals surface area contributed by atoms with Gasteiger partial charge in [-0.25, -0.2) is 0 Å². The van der Waals surface area contributed by atoms with Gasteiger partial charge in [0.05, 0.1) is 0 Å². The highest BCUT2D eigenvalue weighted by Gasteiger charge is 2.31. The molecule has 0 aliphatic carbocycles. The maximum Gasteiger partial charge on any atom is 0.170 e. The van der Waals surface area contributed by atoms with E-state index in [1.54, 1.807) is 48.5 Å². The second-order valence-corrected chi connectivity index (χ2v) is 8.56. The molecule has 2 nitrogen and oxygen atoms in total. The molecule has 0 bridgehead atoms. The van der Waals surface area contributed by atoms with Gasteiger partial charge in [-0.05, 0) is 74.2 Å². The number of Topliss-reactive ketones (excluding diaryl/α,β-unsaturated/α-hetero) is 2. The summed E-state index contributed by atoms with van der Waals surface area (Å²) in [6.45, 7) is 8.06. The summed E-state index contributed by atoms with van der Waals surface area (Å²) in [4.78, 5) is 26.2. The van der Waals surface area contributed by atoms with Gasteiger partial charge in [-0.1, -0.05) is 48.7 Å². The second kappa shape index (κ2) is 10.0. The Morgan fingerprint density at radius 2 is 1.32 bits per heavy atom. The normalized spacial score (nSPS) is 13.1. The van der Waals surface area contributed by atoms with Crippen LogP contribution in [0.15, 0.2) is 60.2 Å². The van der Waals surface area contributed by atoms with Crippen molar-refractivity contribution in [1.82, 2.24) is 0 Å². The van der Waals surface area contributed by atoms with Crippen LogP contribution in [0.1, 0.15) is 54.8 Å². The van der Waals surface area contributed by atoms with Gasteiger partial charge in [0.15, 0.2) is 11.6 Å². The summed E-state index contributed by atoms with van der Waals surface area (Å²) in [5.74, 6) is -0.288. The molecule has 148 valence electrons. The SMILES string of the molecule is CC(C)=C[C@@H](C(=O)c1ccc(Cl)cc1)[C@@H](CC(=O)c1ccc(Cl)cc1)C(C)C. The Kier molecular flexibility index (Phi) is 8.03. The Morgan fingerprint density at radius 1 is 0.857 bits per heavy atom. The predicted octanol–water partition coefficient (Wildman–Crippen LogP) is 7.30. The van der Waals surface area contributed by atoms with Gasteiger partial charge in [0.25, 0.3) is 0 Å². The second-order valence-electron chi connectivity index (χ2n) is 7.68. The van der Waals surface area contributed by atoms with Crippen molar-refractivity contribution < 1.29 is 9.59 Å². The molecule has 28 heavy (non-hydrogen) atoms. The van der Waals surface area contributed by atoms with E-state index in [-0.39, 0.29) is 29.3 Å². The number of benzene rings is 2. The van der Waals surface area contributed by atoms with Gasteiger partial charge in [0.2, 0.25) is 0 Å². The summed E-state index contributed by atoms with van der Waals surface area (Å²) in [5, 5.41) is 1.19. The van der Waals surface area contributed by atoms with Crippen molar-refractivity contribution in [3.8, 4) is 0 Å². The van der Waals surface area contributed by atoms with Crippen LogP contribution < -0.4 is 0 Å². The minimum atomic E-state index is -0.373. The first-order chi connectivity index (χ1) is 13.2. The Labute approximate surface area is 177 Å². The molecule has 2 rings (SSSR count). The van der Waals surface area contributed by atoms with Gasteiger partial charge in [-0.3, -0.25) is 9.59 Å². The Hall–Kier alpha value is -1.90. The van der Waals surface area contributed by atoms with Gasteiger partial charge in [-0.2, -0.15) is 0 Å². The molecule has 4 heteroatoms. The molecule has 0 aliphatic rings. The lowest BCUT2D eigenvalue weighted by atomic mass is 9.75. The Bertz CT molecular complexity index is 845. The van der Waals surface area contributed by atoms with Crippen molar-refractivity contribution in [2.24, 2.45) is 17.8 Å². The fraction of sp³-hybridized carbons (Fsp3) is 0.333. The summed E-state index contributed by atoms with van der Waals surface area (Å²) in [6.07, 6.45) is 2.28. The summed E-state index contributed by atoms with van der Waals surface area (Å²) >= 11 is 11.9. The van der Waals surface area contributed by atoms with Crippen molar-refractivity contribution in [3.63, 3.8) is 0 Å². The molecular weight excluding hydrogens is 391 g/mol.